The van der Waals surface area contributed by atoms with E-state index in [9.17, 15) is 4.79 Å². The first-order valence-corrected chi connectivity index (χ1v) is 8.40. The topological polar surface area (TPSA) is 59.8 Å². The minimum absolute atomic E-state index is 0.251. The highest BCUT2D eigenvalue weighted by Crippen LogP contribution is 2.17. The molecule has 0 saturated heterocycles. The Morgan fingerprint density at radius 1 is 1.08 bits per heavy atom. The zero-order valence-corrected chi connectivity index (χ0v) is 15.0. The Bertz CT molecular complexity index is 927. The van der Waals surface area contributed by atoms with Crippen molar-refractivity contribution in [2.45, 2.75) is 34.1 Å². The quantitative estimate of drug-likeness (QED) is 0.784. The summed E-state index contributed by atoms with van der Waals surface area (Å²) in [4.78, 5) is 12.6. The van der Waals surface area contributed by atoms with Gasteiger partial charge < -0.3 is 5.32 Å². The van der Waals surface area contributed by atoms with E-state index >= 15 is 0 Å². The maximum absolute atomic E-state index is 12.6. The highest BCUT2D eigenvalue weighted by Gasteiger charge is 2.17. The Hall–Kier alpha value is -2.95. The van der Waals surface area contributed by atoms with Gasteiger partial charge in [0.15, 0.2) is 5.69 Å². The molecule has 0 atom stereocenters. The molecular weight excluding hydrogens is 312 g/mol. The van der Waals surface area contributed by atoms with Crippen LogP contribution in [0.3, 0.4) is 0 Å². The van der Waals surface area contributed by atoms with Crippen LogP contribution in [0.25, 0.3) is 5.69 Å². The molecule has 3 aromatic rings. The van der Waals surface area contributed by atoms with Gasteiger partial charge in [-0.05, 0) is 68.1 Å². The van der Waals surface area contributed by atoms with Gasteiger partial charge >= 0.3 is 0 Å². The van der Waals surface area contributed by atoms with Crippen molar-refractivity contribution in [3.63, 3.8) is 0 Å². The van der Waals surface area contributed by atoms with Crippen molar-refractivity contribution in [3.05, 3.63) is 70.5 Å². The fraction of sp³-hybridized carbons (Fsp3) is 0.250. The summed E-state index contributed by atoms with van der Waals surface area (Å²) in [5.41, 5.74) is 6.26. The van der Waals surface area contributed by atoms with Gasteiger partial charge in [-0.25, -0.2) is 4.68 Å². The summed E-state index contributed by atoms with van der Waals surface area (Å²) in [5.74, 6) is -0.251. The van der Waals surface area contributed by atoms with Crippen LogP contribution in [0.2, 0.25) is 0 Å². The number of nitrogens with zero attached hydrogens (tertiary/aromatic N) is 3. The van der Waals surface area contributed by atoms with Crippen molar-refractivity contribution in [1.82, 2.24) is 15.0 Å². The predicted molar refractivity (Wildman–Crippen MR) is 99.3 cm³/mol. The maximum atomic E-state index is 12.6. The number of aromatic nitrogens is 3. The van der Waals surface area contributed by atoms with Gasteiger partial charge in [-0.15, -0.1) is 5.10 Å². The van der Waals surface area contributed by atoms with E-state index in [4.69, 9.17) is 0 Å². The molecule has 5 heteroatoms. The molecule has 1 N–H and O–H groups in total. The van der Waals surface area contributed by atoms with Gasteiger partial charge in [-0.3, -0.25) is 4.79 Å². The standard InChI is InChI=1S/C20H22N4O/c1-5-16-7-6-8-18(12-16)24-15(4)19(22-23-24)20(25)21-17-10-9-13(2)14(3)11-17/h6-12H,5H2,1-4H3,(H,21,25). The molecule has 1 aromatic heterocycles. The van der Waals surface area contributed by atoms with Crippen LogP contribution in [0.15, 0.2) is 42.5 Å². The van der Waals surface area contributed by atoms with Crippen molar-refractivity contribution >= 4 is 11.6 Å². The summed E-state index contributed by atoms with van der Waals surface area (Å²) in [6, 6.07) is 13.9. The summed E-state index contributed by atoms with van der Waals surface area (Å²) < 4.78 is 1.70. The smallest absolute Gasteiger partial charge is 0.278 e. The van der Waals surface area contributed by atoms with Crippen LogP contribution >= 0.6 is 0 Å². The van der Waals surface area contributed by atoms with Crippen molar-refractivity contribution in [2.24, 2.45) is 0 Å². The lowest BCUT2D eigenvalue weighted by Crippen LogP contribution is -2.14. The average molecular weight is 334 g/mol. The lowest BCUT2D eigenvalue weighted by Gasteiger charge is -2.07. The second kappa shape index (κ2) is 6.89. The van der Waals surface area contributed by atoms with E-state index < -0.39 is 0 Å². The minimum atomic E-state index is -0.251. The molecule has 25 heavy (non-hydrogen) atoms. The molecule has 0 aliphatic carbocycles. The van der Waals surface area contributed by atoms with E-state index in [0.29, 0.717) is 5.69 Å². The zero-order valence-electron chi connectivity index (χ0n) is 15.0. The molecule has 3 rings (SSSR count). The number of benzene rings is 2. The molecule has 5 nitrogen and oxygen atoms in total. The molecule has 0 aliphatic rings. The molecule has 0 aliphatic heterocycles. The summed E-state index contributed by atoms with van der Waals surface area (Å²) >= 11 is 0. The Morgan fingerprint density at radius 2 is 1.88 bits per heavy atom. The number of amides is 1. The highest BCUT2D eigenvalue weighted by atomic mass is 16.2. The molecule has 0 bridgehead atoms. The molecule has 0 fully saturated rings. The second-order valence-electron chi connectivity index (χ2n) is 6.21. The number of rotatable bonds is 4. The molecule has 128 valence electrons. The number of anilines is 1. The summed E-state index contributed by atoms with van der Waals surface area (Å²) in [7, 11) is 0. The molecule has 0 spiro atoms. The number of hydrogen-bond donors (Lipinski definition) is 1. The lowest BCUT2D eigenvalue weighted by molar-refractivity contribution is 0.102. The molecule has 0 unspecified atom stereocenters. The largest absolute Gasteiger partial charge is 0.321 e. The fourth-order valence-electron chi connectivity index (χ4n) is 2.70. The van der Waals surface area contributed by atoms with Gasteiger partial charge in [0.1, 0.15) is 0 Å². The summed E-state index contributed by atoms with van der Waals surface area (Å²) in [6.07, 6.45) is 0.946. The van der Waals surface area contributed by atoms with E-state index in [2.05, 4.69) is 34.7 Å². The third kappa shape index (κ3) is 3.45. The normalized spacial score (nSPS) is 10.7. The molecular formula is C20H22N4O. The number of hydrogen-bond acceptors (Lipinski definition) is 3. The predicted octanol–water partition coefficient (Wildman–Crippen LogP) is 4.01. The Labute approximate surface area is 147 Å². The van der Waals surface area contributed by atoms with Gasteiger partial charge in [0.05, 0.1) is 11.4 Å². The molecule has 1 amide bonds. The van der Waals surface area contributed by atoms with Crippen molar-refractivity contribution < 1.29 is 4.79 Å². The highest BCUT2D eigenvalue weighted by molar-refractivity contribution is 6.03. The van der Waals surface area contributed by atoms with Gasteiger partial charge in [-0.2, -0.15) is 0 Å². The number of aryl methyl sites for hydroxylation is 3. The number of carbonyl (C=O) groups excluding carboxylic acids is 1. The first kappa shape index (κ1) is 16.9. The second-order valence-corrected chi connectivity index (χ2v) is 6.21. The van der Waals surface area contributed by atoms with Crippen LogP contribution in [0.4, 0.5) is 5.69 Å². The van der Waals surface area contributed by atoms with Crippen molar-refractivity contribution in [1.29, 1.82) is 0 Å². The fourth-order valence-corrected chi connectivity index (χ4v) is 2.70. The maximum Gasteiger partial charge on any atom is 0.278 e. The van der Waals surface area contributed by atoms with Crippen LogP contribution in [0, 0.1) is 20.8 Å². The Morgan fingerprint density at radius 3 is 2.60 bits per heavy atom. The third-order valence-corrected chi connectivity index (χ3v) is 4.44. The van der Waals surface area contributed by atoms with Gasteiger partial charge in [-0.1, -0.05) is 30.3 Å². The third-order valence-electron chi connectivity index (χ3n) is 4.44. The van der Waals surface area contributed by atoms with Gasteiger partial charge in [0.2, 0.25) is 0 Å². The minimum Gasteiger partial charge on any atom is -0.321 e. The van der Waals surface area contributed by atoms with Crippen LogP contribution in [0.5, 0.6) is 0 Å². The average Bonchev–Trinajstić information content (AvgIpc) is 3.00. The monoisotopic (exact) mass is 334 g/mol. The summed E-state index contributed by atoms with van der Waals surface area (Å²) in [5, 5.41) is 11.1. The number of nitrogens with one attached hydrogen (secondary N) is 1. The van der Waals surface area contributed by atoms with Gasteiger partial charge in [0.25, 0.3) is 5.91 Å². The van der Waals surface area contributed by atoms with Crippen LogP contribution in [0.1, 0.15) is 39.8 Å². The van der Waals surface area contributed by atoms with E-state index in [1.807, 2.05) is 51.1 Å². The van der Waals surface area contributed by atoms with Crippen molar-refractivity contribution in [3.8, 4) is 5.69 Å². The van der Waals surface area contributed by atoms with Crippen LogP contribution in [-0.2, 0) is 6.42 Å². The Balaban J connectivity index is 1.87. The van der Waals surface area contributed by atoms with E-state index in [-0.39, 0.29) is 5.91 Å². The van der Waals surface area contributed by atoms with Crippen LogP contribution < -0.4 is 5.32 Å². The molecule has 1 heterocycles. The van der Waals surface area contributed by atoms with E-state index in [1.54, 1.807) is 4.68 Å². The molecule has 0 radical (unpaired) electrons. The van der Waals surface area contributed by atoms with E-state index in [1.165, 1.54) is 11.1 Å². The number of carbonyl (C=O) groups is 1. The van der Waals surface area contributed by atoms with Crippen LogP contribution in [-0.4, -0.2) is 20.9 Å². The first-order chi connectivity index (χ1) is 12.0. The van der Waals surface area contributed by atoms with Gasteiger partial charge in [0, 0.05) is 5.69 Å². The molecule has 2 aromatic carbocycles. The lowest BCUT2D eigenvalue weighted by atomic mass is 10.1. The Kier molecular flexibility index (Phi) is 4.65. The molecule has 0 saturated carbocycles. The summed E-state index contributed by atoms with van der Waals surface area (Å²) in [6.45, 7) is 8.03. The van der Waals surface area contributed by atoms with Crippen molar-refractivity contribution in [2.75, 3.05) is 5.32 Å². The first-order valence-electron chi connectivity index (χ1n) is 8.40. The zero-order chi connectivity index (χ0) is 18.0. The SMILES string of the molecule is CCc1cccc(-n2nnc(C(=O)Nc3ccc(C)c(C)c3)c2C)c1. The van der Waals surface area contributed by atoms with E-state index in [0.717, 1.165) is 29.1 Å².